The Balaban J connectivity index is 2.25. The maximum absolute atomic E-state index is 12.6. The van der Waals surface area contributed by atoms with E-state index in [0.717, 1.165) is 11.6 Å². The summed E-state index contributed by atoms with van der Waals surface area (Å²) in [6, 6.07) is 10.4. The Morgan fingerprint density at radius 1 is 1.30 bits per heavy atom. The van der Waals surface area contributed by atoms with Gasteiger partial charge in [0.05, 0.1) is 0 Å². The Labute approximate surface area is 162 Å². The van der Waals surface area contributed by atoms with E-state index in [1.807, 2.05) is 30.3 Å². The topological polar surface area (TPSA) is 63.5 Å². The molecule has 27 heavy (non-hydrogen) atoms. The van der Waals surface area contributed by atoms with Crippen LogP contribution in [-0.2, 0) is 11.8 Å². The van der Waals surface area contributed by atoms with Gasteiger partial charge in [-0.15, -0.1) is 0 Å². The van der Waals surface area contributed by atoms with Crippen molar-refractivity contribution in [1.82, 2.24) is 4.57 Å². The Morgan fingerprint density at radius 2 is 1.96 bits per heavy atom. The summed E-state index contributed by atoms with van der Waals surface area (Å²) in [5.41, 5.74) is 2.21. The Kier molecular flexibility index (Phi) is 7.18. The van der Waals surface area contributed by atoms with Crippen molar-refractivity contribution in [2.75, 3.05) is 18.7 Å². The van der Waals surface area contributed by atoms with Crippen LogP contribution in [-0.4, -0.2) is 31.1 Å². The zero-order valence-electron chi connectivity index (χ0n) is 16.7. The minimum atomic E-state index is -1.15. The van der Waals surface area contributed by atoms with E-state index >= 15 is 0 Å². The monoisotopic (exact) mass is 386 g/mol. The Bertz CT molecular complexity index is 826. The summed E-state index contributed by atoms with van der Waals surface area (Å²) in [5.74, 6) is 0. The van der Waals surface area contributed by atoms with Crippen molar-refractivity contribution in [2.24, 2.45) is 7.05 Å². The number of nitrogens with zero attached hydrogens (tertiary/aromatic N) is 1. The number of anilines is 1. The number of nitrogens with one attached hydrogen (secondary N) is 1. The van der Waals surface area contributed by atoms with Crippen LogP contribution in [0.2, 0.25) is 25.7 Å². The molecule has 0 bridgehead atoms. The van der Waals surface area contributed by atoms with Crippen LogP contribution >= 0.6 is 0 Å². The van der Waals surface area contributed by atoms with Crippen molar-refractivity contribution in [1.29, 1.82) is 0 Å². The zero-order chi connectivity index (χ0) is 20.0. The van der Waals surface area contributed by atoms with E-state index in [4.69, 9.17) is 4.74 Å². The molecule has 0 fully saturated rings. The number of aryl methyl sites for hydroxylation is 1. The largest absolute Gasteiger partial charge is 0.384 e. The molecule has 2 rings (SSSR count). The molecule has 1 atom stereocenters. The summed E-state index contributed by atoms with van der Waals surface area (Å²) in [4.78, 5) is 12.6. The average molecular weight is 387 g/mol. The lowest BCUT2D eigenvalue weighted by Gasteiger charge is -2.20. The summed E-state index contributed by atoms with van der Waals surface area (Å²) in [7, 11) is 0.521. The highest BCUT2D eigenvalue weighted by Gasteiger charge is 2.19. The number of rotatable bonds is 9. The number of aromatic nitrogens is 1. The molecule has 2 aromatic rings. The van der Waals surface area contributed by atoms with Gasteiger partial charge in [-0.25, -0.2) is 0 Å². The summed E-state index contributed by atoms with van der Waals surface area (Å²) in [6.07, 6.45) is 2.42. The summed E-state index contributed by atoms with van der Waals surface area (Å²) in [6.45, 7) is 11.6. The maximum Gasteiger partial charge on any atom is 0.274 e. The molecule has 2 N–H and O–H groups in total. The molecule has 5 nitrogen and oxygen atoms in total. The summed E-state index contributed by atoms with van der Waals surface area (Å²) in [5, 5.41) is 13.9. The summed E-state index contributed by atoms with van der Waals surface area (Å²) >= 11 is 0. The van der Waals surface area contributed by atoms with Crippen molar-refractivity contribution in [3.05, 3.63) is 70.2 Å². The molecule has 6 heteroatoms. The first-order valence-corrected chi connectivity index (χ1v) is 12.9. The molecular formula is C21H30N2O3Si. The van der Waals surface area contributed by atoms with E-state index in [2.05, 4.69) is 31.5 Å². The summed E-state index contributed by atoms with van der Waals surface area (Å²) < 4.78 is 7.14. The van der Waals surface area contributed by atoms with Crippen molar-refractivity contribution in [3.63, 3.8) is 0 Å². The average Bonchev–Trinajstić information content (AvgIpc) is 2.63. The van der Waals surface area contributed by atoms with Gasteiger partial charge in [0.25, 0.3) is 5.56 Å². The van der Waals surface area contributed by atoms with Gasteiger partial charge in [-0.3, -0.25) is 4.79 Å². The van der Waals surface area contributed by atoms with Gasteiger partial charge in [0.1, 0.15) is 18.5 Å². The van der Waals surface area contributed by atoms with Gasteiger partial charge in [-0.2, -0.15) is 0 Å². The Hall–Kier alpha value is -2.15. The SMILES string of the molecule is C=Cc1c(C(O)c2ccccc2)cn(C)c(=O)c1NCOCC[Si](C)(C)C. The van der Waals surface area contributed by atoms with Crippen LogP contribution in [0.1, 0.15) is 22.8 Å². The van der Waals surface area contributed by atoms with Gasteiger partial charge in [-0.1, -0.05) is 62.6 Å². The molecule has 1 heterocycles. The second-order valence-corrected chi connectivity index (χ2v) is 13.5. The van der Waals surface area contributed by atoms with Crippen molar-refractivity contribution >= 4 is 19.8 Å². The number of hydrogen-bond donors (Lipinski definition) is 2. The van der Waals surface area contributed by atoms with Crippen LogP contribution in [0.5, 0.6) is 0 Å². The Morgan fingerprint density at radius 3 is 2.56 bits per heavy atom. The highest BCUT2D eigenvalue weighted by Crippen LogP contribution is 2.28. The van der Waals surface area contributed by atoms with Crippen LogP contribution < -0.4 is 10.9 Å². The van der Waals surface area contributed by atoms with E-state index in [0.29, 0.717) is 23.4 Å². The second kappa shape index (κ2) is 9.17. The first-order valence-electron chi connectivity index (χ1n) is 9.15. The maximum atomic E-state index is 12.6. The molecule has 0 radical (unpaired) electrons. The minimum absolute atomic E-state index is 0.178. The van der Waals surface area contributed by atoms with Gasteiger partial charge >= 0.3 is 0 Å². The highest BCUT2D eigenvalue weighted by atomic mass is 28.3. The third kappa shape index (κ3) is 5.66. The van der Waals surface area contributed by atoms with Crippen molar-refractivity contribution in [2.45, 2.75) is 31.8 Å². The highest BCUT2D eigenvalue weighted by molar-refractivity contribution is 6.76. The van der Waals surface area contributed by atoms with Crippen LogP contribution in [0, 0.1) is 0 Å². The number of hydrogen-bond acceptors (Lipinski definition) is 4. The number of pyridine rings is 1. The number of ether oxygens (including phenoxy) is 1. The van der Waals surface area contributed by atoms with Gasteiger partial charge in [0, 0.05) is 39.1 Å². The van der Waals surface area contributed by atoms with E-state index in [1.165, 1.54) is 4.57 Å². The molecule has 1 aromatic carbocycles. The standard InChI is InChI=1S/C21H30N2O3Si/c1-6-17-18(20(24)16-10-8-7-9-11-16)14-23(2)21(25)19(17)22-15-26-12-13-27(3,4)5/h6-11,14,20,22,24H,1,12-13,15H2,2-5H3. The number of benzene rings is 1. The molecule has 1 unspecified atom stereocenters. The fourth-order valence-corrected chi connectivity index (χ4v) is 3.53. The molecule has 1 aromatic heterocycles. The molecule has 0 saturated heterocycles. The molecule has 0 aliphatic heterocycles. The van der Waals surface area contributed by atoms with Gasteiger partial charge < -0.3 is 19.7 Å². The zero-order valence-corrected chi connectivity index (χ0v) is 17.7. The molecular weight excluding hydrogens is 356 g/mol. The van der Waals surface area contributed by atoms with Crippen molar-refractivity contribution in [3.8, 4) is 0 Å². The van der Waals surface area contributed by atoms with E-state index < -0.39 is 14.2 Å². The van der Waals surface area contributed by atoms with Crippen molar-refractivity contribution < 1.29 is 9.84 Å². The lowest BCUT2D eigenvalue weighted by molar-refractivity contribution is 0.165. The molecule has 0 aliphatic carbocycles. The molecule has 0 aliphatic rings. The third-order valence-electron chi connectivity index (χ3n) is 4.41. The normalized spacial score (nSPS) is 12.6. The molecule has 0 spiro atoms. The van der Waals surface area contributed by atoms with Crippen LogP contribution in [0.4, 0.5) is 5.69 Å². The quantitative estimate of drug-likeness (QED) is 0.390. The number of aliphatic hydroxyl groups excluding tert-OH is 1. The van der Waals surface area contributed by atoms with E-state index in [9.17, 15) is 9.90 Å². The van der Waals surface area contributed by atoms with E-state index in [-0.39, 0.29) is 12.3 Å². The molecule has 0 saturated carbocycles. The predicted octanol–water partition coefficient (Wildman–Crippen LogP) is 3.83. The van der Waals surface area contributed by atoms with Crippen LogP contribution in [0.3, 0.4) is 0 Å². The number of aliphatic hydroxyl groups is 1. The van der Waals surface area contributed by atoms with Gasteiger partial charge in [0.15, 0.2) is 0 Å². The fourth-order valence-electron chi connectivity index (χ4n) is 2.77. The first-order chi connectivity index (χ1) is 12.7. The minimum Gasteiger partial charge on any atom is -0.384 e. The van der Waals surface area contributed by atoms with E-state index in [1.54, 1.807) is 19.3 Å². The lowest BCUT2D eigenvalue weighted by Crippen LogP contribution is -2.26. The van der Waals surface area contributed by atoms with Gasteiger partial charge in [0.2, 0.25) is 0 Å². The second-order valence-electron chi connectivity index (χ2n) is 7.85. The fraction of sp³-hybridized carbons (Fsp3) is 0.381. The molecule has 146 valence electrons. The first kappa shape index (κ1) is 21.2. The lowest BCUT2D eigenvalue weighted by atomic mass is 9.97. The smallest absolute Gasteiger partial charge is 0.274 e. The van der Waals surface area contributed by atoms with Crippen LogP contribution in [0.25, 0.3) is 6.08 Å². The molecule has 0 amide bonds. The third-order valence-corrected chi connectivity index (χ3v) is 6.11. The van der Waals surface area contributed by atoms with Gasteiger partial charge in [-0.05, 0) is 11.6 Å². The van der Waals surface area contributed by atoms with Crippen LogP contribution in [0.15, 0.2) is 47.9 Å². The predicted molar refractivity (Wildman–Crippen MR) is 115 cm³/mol.